The van der Waals surface area contributed by atoms with Crippen LogP contribution in [0.4, 0.5) is 4.39 Å². The molecule has 6 nitrogen and oxygen atoms in total. The number of carbonyl (C=O) groups is 1. The summed E-state index contributed by atoms with van der Waals surface area (Å²) in [6.45, 7) is 11.0. The first-order valence-electron chi connectivity index (χ1n) is 9.13. The van der Waals surface area contributed by atoms with Gasteiger partial charge in [-0.25, -0.2) is 4.39 Å². The average Bonchev–Trinajstić information content (AvgIpc) is 3.26. The van der Waals surface area contributed by atoms with Crippen molar-refractivity contribution < 1.29 is 18.5 Å². The van der Waals surface area contributed by atoms with Crippen molar-refractivity contribution in [2.75, 3.05) is 13.1 Å². The zero-order valence-electron chi connectivity index (χ0n) is 16.2. The lowest BCUT2D eigenvalue weighted by atomic mass is 9.84. The van der Waals surface area contributed by atoms with E-state index in [0.29, 0.717) is 11.1 Å². The fraction of sp³-hybridized carbons (Fsp3) is 0.667. The third kappa shape index (κ3) is 3.57. The van der Waals surface area contributed by atoms with E-state index >= 15 is 0 Å². The molecule has 2 aliphatic heterocycles. The number of aromatic nitrogens is 2. The van der Waals surface area contributed by atoms with Gasteiger partial charge in [-0.2, -0.15) is 5.10 Å². The number of hydrogen-bond donors (Lipinski definition) is 0. The normalized spacial score (nSPS) is 22.7. The second-order valence-corrected chi connectivity index (χ2v) is 8.08. The van der Waals surface area contributed by atoms with Crippen LogP contribution in [0.3, 0.4) is 0 Å². The van der Waals surface area contributed by atoms with Gasteiger partial charge < -0.3 is 14.2 Å². The van der Waals surface area contributed by atoms with Gasteiger partial charge in [0.25, 0.3) is 0 Å². The minimum absolute atomic E-state index is 0.0465. The van der Waals surface area contributed by atoms with Gasteiger partial charge in [-0.1, -0.05) is 0 Å². The standard InChI is InChI=1S/C18H27BFN3O3/c1-13(16(20)19-25-17(2,3)18(4,5)26-19)14-10-21-23(11-14)12-15(24)22-8-6-7-9-22/h10-11H,6-9,12H2,1-5H3. The van der Waals surface area contributed by atoms with Crippen molar-refractivity contribution in [3.05, 3.63) is 23.7 Å². The summed E-state index contributed by atoms with van der Waals surface area (Å²) in [5.41, 5.74) is -0.632. The molecule has 1 amide bonds. The summed E-state index contributed by atoms with van der Waals surface area (Å²) in [5, 5.41) is 4.20. The number of halogens is 1. The van der Waals surface area contributed by atoms with E-state index in [1.165, 1.54) is 0 Å². The molecule has 0 aromatic carbocycles. The van der Waals surface area contributed by atoms with E-state index in [-0.39, 0.29) is 12.5 Å². The van der Waals surface area contributed by atoms with Crippen molar-refractivity contribution in [1.29, 1.82) is 0 Å². The Hall–Kier alpha value is -1.67. The maximum absolute atomic E-state index is 14.9. The molecule has 1 aromatic heterocycles. The number of amides is 1. The fourth-order valence-electron chi connectivity index (χ4n) is 3.11. The van der Waals surface area contributed by atoms with E-state index in [1.54, 1.807) is 24.0 Å². The van der Waals surface area contributed by atoms with Gasteiger partial charge in [0.05, 0.1) is 17.4 Å². The number of carbonyl (C=O) groups excluding carboxylic acids is 1. The monoisotopic (exact) mass is 363 g/mol. The third-order valence-corrected chi connectivity index (χ3v) is 5.64. The SMILES string of the molecule is CC(=C(F)B1OC(C)(C)C(C)(C)O1)c1cnn(CC(=O)N2CCCC2)c1. The maximum atomic E-state index is 14.9. The van der Waals surface area contributed by atoms with E-state index in [1.807, 2.05) is 32.6 Å². The molecule has 3 rings (SSSR count). The third-order valence-electron chi connectivity index (χ3n) is 5.64. The average molecular weight is 363 g/mol. The highest BCUT2D eigenvalue weighted by Crippen LogP contribution is 2.40. The van der Waals surface area contributed by atoms with Crippen LogP contribution in [0.25, 0.3) is 5.57 Å². The smallest absolute Gasteiger partial charge is 0.398 e. The fourth-order valence-corrected chi connectivity index (χ4v) is 3.11. The minimum Gasteiger partial charge on any atom is -0.398 e. The molecule has 3 heterocycles. The van der Waals surface area contributed by atoms with Crippen LogP contribution >= 0.6 is 0 Å². The summed E-state index contributed by atoms with van der Waals surface area (Å²) < 4.78 is 28.0. The molecule has 0 unspecified atom stereocenters. The molecule has 8 heteroatoms. The van der Waals surface area contributed by atoms with Gasteiger partial charge in [0.1, 0.15) is 12.3 Å². The highest BCUT2D eigenvalue weighted by atomic mass is 19.1. The van der Waals surface area contributed by atoms with Crippen molar-refractivity contribution in [1.82, 2.24) is 14.7 Å². The summed E-state index contributed by atoms with van der Waals surface area (Å²) in [4.78, 5) is 14.1. The molecule has 0 saturated carbocycles. The van der Waals surface area contributed by atoms with Crippen molar-refractivity contribution in [2.24, 2.45) is 0 Å². The lowest BCUT2D eigenvalue weighted by Gasteiger charge is -2.32. The first kappa shape index (κ1) is 19.1. The summed E-state index contributed by atoms with van der Waals surface area (Å²) in [7, 11) is -1.03. The highest BCUT2D eigenvalue weighted by molar-refractivity contribution is 6.55. The van der Waals surface area contributed by atoms with Crippen molar-refractivity contribution in [2.45, 2.75) is 65.2 Å². The Kier molecular flexibility index (Phi) is 5.01. The Morgan fingerprint density at radius 3 is 2.38 bits per heavy atom. The number of likely N-dealkylation sites (tertiary alicyclic amines) is 1. The number of hydrogen-bond acceptors (Lipinski definition) is 4. The molecule has 2 saturated heterocycles. The molecule has 0 N–H and O–H groups in total. The molecule has 0 bridgehead atoms. The van der Waals surface area contributed by atoms with Crippen LogP contribution in [0.2, 0.25) is 0 Å². The predicted molar refractivity (Wildman–Crippen MR) is 97.8 cm³/mol. The summed E-state index contributed by atoms with van der Waals surface area (Å²) in [6.07, 6.45) is 5.36. The molecule has 1 aromatic rings. The molecule has 0 aliphatic carbocycles. The van der Waals surface area contributed by atoms with Crippen molar-refractivity contribution in [3.8, 4) is 0 Å². The van der Waals surface area contributed by atoms with E-state index in [9.17, 15) is 9.18 Å². The Labute approximate surface area is 154 Å². The summed E-state index contributed by atoms with van der Waals surface area (Å²) >= 11 is 0. The molecular formula is C18H27BFN3O3. The highest BCUT2D eigenvalue weighted by Gasteiger charge is 2.53. The lowest BCUT2D eigenvalue weighted by molar-refractivity contribution is -0.130. The van der Waals surface area contributed by atoms with Gasteiger partial charge in [-0.3, -0.25) is 9.48 Å². The van der Waals surface area contributed by atoms with E-state index in [0.717, 1.165) is 25.9 Å². The number of nitrogens with zero attached hydrogens (tertiary/aromatic N) is 3. The van der Waals surface area contributed by atoms with Crippen LogP contribution in [0.5, 0.6) is 0 Å². The lowest BCUT2D eigenvalue weighted by Crippen LogP contribution is -2.41. The molecule has 2 fully saturated rings. The summed E-state index contributed by atoms with van der Waals surface area (Å²) in [5.74, 6) is 0.0465. The van der Waals surface area contributed by atoms with Crippen LogP contribution < -0.4 is 0 Å². The molecular weight excluding hydrogens is 336 g/mol. The van der Waals surface area contributed by atoms with Crippen molar-refractivity contribution >= 4 is 18.6 Å². The first-order valence-corrected chi connectivity index (χ1v) is 9.13. The second kappa shape index (κ2) is 6.81. The molecule has 0 atom stereocenters. The van der Waals surface area contributed by atoms with Crippen LogP contribution in [0.1, 0.15) is 53.0 Å². The Morgan fingerprint density at radius 1 is 1.23 bits per heavy atom. The zero-order valence-corrected chi connectivity index (χ0v) is 16.2. The van der Waals surface area contributed by atoms with Gasteiger partial charge in [-0.15, -0.1) is 0 Å². The molecule has 2 aliphatic rings. The van der Waals surface area contributed by atoms with Crippen molar-refractivity contribution in [3.63, 3.8) is 0 Å². The maximum Gasteiger partial charge on any atom is 0.525 e. The van der Waals surface area contributed by atoms with E-state index in [4.69, 9.17) is 9.31 Å². The Balaban J connectivity index is 1.71. The molecule has 0 spiro atoms. The van der Waals surface area contributed by atoms with Gasteiger partial charge in [-0.05, 0) is 53.0 Å². The van der Waals surface area contributed by atoms with Crippen LogP contribution in [0.15, 0.2) is 18.1 Å². The zero-order chi connectivity index (χ0) is 19.1. The summed E-state index contributed by atoms with van der Waals surface area (Å²) in [6, 6.07) is 0. The Morgan fingerprint density at radius 2 is 1.81 bits per heavy atom. The number of rotatable bonds is 4. The van der Waals surface area contributed by atoms with Gasteiger partial charge in [0.2, 0.25) is 5.91 Å². The van der Waals surface area contributed by atoms with E-state index in [2.05, 4.69) is 5.10 Å². The quantitative estimate of drug-likeness (QED) is 0.772. The van der Waals surface area contributed by atoms with Crippen LogP contribution in [-0.2, 0) is 20.6 Å². The van der Waals surface area contributed by atoms with Crippen LogP contribution in [-0.4, -0.2) is 52.0 Å². The Bertz CT molecular complexity index is 707. The topological polar surface area (TPSA) is 56.6 Å². The second-order valence-electron chi connectivity index (χ2n) is 8.08. The van der Waals surface area contributed by atoms with Crippen LogP contribution in [0, 0.1) is 0 Å². The largest absolute Gasteiger partial charge is 0.525 e. The van der Waals surface area contributed by atoms with Gasteiger partial charge in [0.15, 0.2) is 0 Å². The molecule has 142 valence electrons. The van der Waals surface area contributed by atoms with Gasteiger partial charge >= 0.3 is 7.12 Å². The molecule has 26 heavy (non-hydrogen) atoms. The number of allylic oxidation sites excluding steroid dienone is 1. The van der Waals surface area contributed by atoms with E-state index < -0.39 is 24.0 Å². The predicted octanol–water partition coefficient (Wildman–Crippen LogP) is 2.84. The molecule has 0 radical (unpaired) electrons. The van der Waals surface area contributed by atoms with Gasteiger partial charge in [0, 0.05) is 24.8 Å². The minimum atomic E-state index is -1.03. The first-order chi connectivity index (χ1) is 12.1.